The van der Waals surface area contributed by atoms with Crippen LogP contribution in [0.25, 0.3) is 0 Å². The third-order valence-electron chi connectivity index (χ3n) is 6.91. The number of carbonyl (C=O) groups excluding carboxylic acids is 3. The Kier molecular flexibility index (Phi) is 4.08. The second-order valence-electron chi connectivity index (χ2n) is 10.00. The average molecular weight is 361 g/mol. The highest BCUT2D eigenvalue weighted by molar-refractivity contribution is 6.08. The minimum Gasteiger partial charge on any atom is -0.349 e. The Labute approximate surface area is 155 Å². The maximum Gasteiger partial charge on any atom is 0.325 e. The fourth-order valence-corrected chi connectivity index (χ4v) is 6.59. The first kappa shape index (κ1) is 17.8. The highest BCUT2D eigenvalue weighted by Crippen LogP contribution is 2.55. The summed E-state index contributed by atoms with van der Waals surface area (Å²) in [4.78, 5) is 38.8. The lowest BCUT2D eigenvalue weighted by Gasteiger charge is -2.56. The number of carbonyl (C=O) groups is 3. The molecule has 2 N–H and O–H groups in total. The number of hydrogen-bond donors (Lipinski definition) is 2. The second-order valence-corrected chi connectivity index (χ2v) is 10.00. The van der Waals surface area contributed by atoms with E-state index in [1.807, 2.05) is 13.8 Å². The summed E-state index contributed by atoms with van der Waals surface area (Å²) in [6.07, 6.45) is 7.72. The summed E-state index contributed by atoms with van der Waals surface area (Å²) in [5.41, 5.74) is -0.988. The van der Waals surface area contributed by atoms with Crippen molar-refractivity contribution in [3.63, 3.8) is 0 Å². The summed E-state index contributed by atoms with van der Waals surface area (Å²) in [6, 6.07) is -0.446. The molecule has 1 atom stereocenters. The van der Waals surface area contributed by atoms with Crippen LogP contribution in [-0.2, 0) is 9.59 Å². The van der Waals surface area contributed by atoms with Crippen LogP contribution in [0.1, 0.15) is 65.7 Å². The van der Waals surface area contributed by atoms with Crippen LogP contribution in [0.5, 0.6) is 0 Å². The zero-order valence-corrected chi connectivity index (χ0v) is 16.1. The zero-order chi connectivity index (χ0) is 18.7. The summed E-state index contributed by atoms with van der Waals surface area (Å²) < 4.78 is 0. The molecule has 6 nitrogen and oxygen atoms in total. The predicted molar refractivity (Wildman–Crippen MR) is 97.2 cm³/mol. The predicted octanol–water partition coefficient (Wildman–Crippen LogP) is 2.43. The van der Waals surface area contributed by atoms with Crippen LogP contribution in [-0.4, -0.2) is 40.4 Å². The fourth-order valence-electron chi connectivity index (χ4n) is 6.59. The minimum atomic E-state index is -0.897. The van der Waals surface area contributed by atoms with Gasteiger partial charge in [0.25, 0.3) is 5.91 Å². The topological polar surface area (TPSA) is 78.5 Å². The molecule has 26 heavy (non-hydrogen) atoms. The van der Waals surface area contributed by atoms with E-state index in [1.165, 1.54) is 19.3 Å². The maximum atomic E-state index is 12.7. The Morgan fingerprint density at radius 3 is 2.19 bits per heavy atom. The quantitative estimate of drug-likeness (QED) is 0.738. The van der Waals surface area contributed by atoms with Crippen LogP contribution in [0, 0.1) is 23.7 Å². The van der Waals surface area contributed by atoms with Gasteiger partial charge >= 0.3 is 6.03 Å². The van der Waals surface area contributed by atoms with Crippen LogP contribution in [0.4, 0.5) is 4.79 Å². The summed E-state index contributed by atoms with van der Waals surface area (Å²) in [5.74, 6) is 2.04. The molecule has 0 aromatic heterocycles. The molecule has 1 saturated heterocycles. The molecule has 5 aliphatic rings. The van der Waals surface area contributed by atoms with Crippen LogP contribution in [0.2, 0.25) is 0 Å². The van der Waals surface area contributed by atoms with Crippen molar-refractivity contribution in [1.82, 2.24) is 15.5 Å². The van der Waals surface area contributed by atoms with E-state index in [0.29, 0.717) is 6.42 Å². The van der Waals surface area contributed by atoms with Gasteiger partial charge in [0, 0.05) is 5.54 Å². The third-order valence-corrected chi connectivity index (χ3v) is 6.91. The molecule has 1 aliphatic heterocycles. The van der Waals surface area contributed by atoms with Crippen molar-refractivity contribution < 1.29 is 14.4 Å². The van der Waals surface area contributed by atoms with Crippen LogP contribution >= 0.6 is 0 Å². The van der Waals surface area contributed by atoms with Crippen LogP contribution < -0.4 is 10.6 Å². The molecule has 144 valence electrons. The van der Waals surface area contributed by atoms with Gasteiger partial charge in [0.2, 0.25) is 5.91 Å². The molecule has 0 unspecified atom stereocenters. The molecule has 1 heterocycles. The van der Waals surface area contributed by atoms with E-state index in [0.717, 1.165) is 41.9 Å². The van der Waals surface area contributed by atoms with E-state index in [2.05, 4.69) is 10.6 Å². The highest BCUT2D eigenvalue weighted by Gasteiger charge is 2.52. The summed E-state index contributed by atoms with van der Waals surface area (Å²) in [7, 11) is 0. The summed E-state index contributed by atoms with van der Waals surface area (Å²) >= 11 is 0. The number of nitrogens with zero attached hydrogens (tertiary/aromatic N) is 1. The third kappa shape index (κ3) is 3.01. The van der Waals surface area contributed by atoms with Gasteiger partial charge in [0.15, 0.2) is 0 Å². The van der Waals surface area contributed by atoms with E-state index < -0.39 is 11.6 Å². The van der Waals surface area contributed by atoms with Gasteiger partial charge in [-0.2, -0.15) is 0 Å². The number of nitrogens with one attached hydrogen (secondary N) is 2. The lowest BCUT2D eigenvalue weighted by molar-refractivity contribution is -0.136. The molecule has 4 saturated carbocycles. The van der Waals surface area contributed by atoms with E-state index in [9.17, 15) is 14.4 Å². The number of hydrogen-bond acceptors (Lipinski definition) is 3. The normalized spacial score (nSPS) is 41.1. The Bertz CT molecular complexity index is 609. The van der Waals surface area contributed by atoms with Crippen LogP contribution in [0.3, 0.4) is 0 Å². The van der Waals surface area contributed by atoms with Crippen molar-refractivity contribution in [2.75, 3.05) is 6.54 Å². The van der Waals surface area contributed by atoms with Crippen molar-refractivity contribution in [1.29, 1.82) is 0 Å². The largest absolute Gasteiger partial charge is 0.349 e. The van der Waals surface area contributed by atoms with Gasteiger partial charge in [0.1, 0.15) is 12.1 Å². The monoisotopic (exact) mass is 361 g/mol. The van der Waals surface area contributed by atoms with Crippen LogP contribution in [0.15, 0.2) is 0 Å². The van der Waals surface area contributed by atoms with Crippen molar-refractivity contribution in [2.45, 2.75) is 76.8 Å². The summed E-state index contributed by atoms with van der Waals surface area (Å²) in [6.45, 7) is 5.63. The number of rotatable bonds is 5. The molecule has 0 radical (unpaired) electrons. The smallest absolute Gasteiger partial charge is 0.325 e. The molecule has 6 heteroatoms. The molecule has 4 amide bonds. The first-order valence-electron chi connectivity index (χ1n) is 10.1. The van der Waals surface area contributed by atoms with E-state index in [4.69, 9.17) is 0 Å². The second kappa shape index (κ2) is 5.96. The van der Waals surface area contributed by atoms with Gasteiger partial charge < -0.3 is 10.6 Å². The van der Waals surface area contributed by atoms with Crippen molar-refractivity contribution in [3.05, 3.63) is 0 Å². The Morgan fingerprint density at radius 2 is 1.69 bits per heavy atom. The number of imide groups is 1. The van der Waals surface area contributed by atoms with E-state index in [-0.39, 0.29) is 29.8 Å². The minimum absolute atomic E-state index is 0.0910. The molecule has 0 aromatic rings. The Balaban J connectivity index is 1.41. The molecule has 5 rings (SSSR count). The van der Waals surface area contributed by atoms with Crippen molar-refractivity contribution in [3.8, 4) is 0 Å². The summed E-state index contributed by atoms with van der Waals surface area (Å²) in [5, 5.41) is 6.03. The lowest BCUT2D eigenvalue weighted by Crippen LogP contribution is -2.61. The SMILES string of the molecule is CC(C)C[C@@]1(C)NC(=O)N(CC(=O)NC23CC4CC(CC(C4)C2)C3)C1=O. The van der Waals surface area contributed by atoms with Gasteiger partial charge in [-0.15, -0.1) is 0 Å². The molecule has 4 aliphatic carbocycles. The molecular weight excluding hydrogens is 330 g/mol. The first-order valence-corrected chi connectivity index (χ1v) is 10.1. The standard InChI is InChI=1S/C20H31N3O3/c1-12(2)7-19(3)17(25)23(18(26)22-19)11-16(24)21-20-8-13-4-14(9-20)6-15(5-13)10-20/h12-15H,4-11H2,1-3H3,(H,21,24)(H,22,26)/t13?,14?,15?,19-,20?/m1/s1. The Morgan fingerprint density at radius 1 is 1.15 bits per heavy atom. The van der Waals surface area contributed by atoms with E-state index >= 15 is 0 Å². The first-order chi connectivity index (χ1) is 12.2. The average Bonchev–Trinajstić information content (AvgIpc) is 2.67. The molecule has 0 spiro atoms. The van der Waals surface area contributed by atoms with Gasteiger partial charge in [-0.3, -0.25) is 14.5 Å². The highest BCUT2D eigenvalue weighted by atomic mass is 16.2. The van der Waals surface area contributed by atoms with Crippen molar-refractivity contribution in [2.24, 2.45) is 23.7 Å². The Hall–Kier alpha value is -1.59. The zero-order valence-electron chi connectivity index (χ0n) is 16.1. The van der Waals surface area contributed by atoms with E-state index in [1.54, 1.807) is 6.92 Å². The molecular formula is C20H31N3O3. The maximum absolute atomic E-state index is 12.7. The number of amides is 4. The lowest BCUT2D eigenvalue weighted by atomic mass is 9.53. The molecule has 0 aromatic carbocycles. The van der Waals surface area contributed by atoms with Gasteiger partial charge in [0.05, 0.1) is 0 Å². The van der Waals surface area contributed by atoms with Gasteiger partial charge in [-0.25, -0.2) is 4.79 Å². The molecule has 4 bridgehead atoms. The van der Waals surface area contributed by atoms with Gasteiger partial charge in [-0.1, -0.05) is 13.8 Å². The van der Waals surface area contributed by atoms with Gasteiger partial charge in [-0.05, 0) is 75.5 Å². The van der Waals surface area contributed by atoms with Crippen molar-refractivity contribution >= 4 is 17.8 Å². The number of urea groups is 1. The molecule has 5 fully saturated rings. The fraction of sp³-hybridized carbons (Fsp3) is 0.850.